The molecule has 0 aliphatic heterocycles. The molecule has 0 aromatic carbocycles. The molecule has 0 aromatic rings. The van der Waals surface area contributed by atoms with Gasteiger partial charge in [0.15, 0.2) is 0 Å². The lowest BCUT2D eigenvalue weighted by Gasteiger charge is -2.08. The molecule has 0 rings (SSSR count). The van der Waals surface area contributed by atoms with Gasteiger partial charge in [-0.2, -0.15) is 0 Å². The molecule has 3 heteroatoms. The lowest BCUT2D eigenvalue weighted by atomic mass is 10.2. The van der Waals surface area contributed by atoms with Gasteiger partial charge < -0.3 is 9.84 Å². The number of ether oxygens (including phenoxy) is 1. The first-order valence-corrected chi connectivity index (χ1v) is 4.62. The third-order valence-corrected chi connectivity index (χ3v) is 1.36. The molecule has 0 aliphatic rings. The smallest absolute Gasteiger partial charge is 0.102 e. The highest BCUT2D eigenvalue weighted by molar-refractivity contribution is 4.47. The minimum atomic E-state index is -0.407. The Morgan fingerprint density at radius 1 is 1.33 bits per heavy atom. The van der Waals surface area contributed by atoms with Crippen LogP contribution in [-0.2, 0) is 4.74 Å². The summed E-state index contributed by atoms with van der Waals surface area (Å²) >= 11 is 0. The maximum Gasteiger partial charge on any atom is 0.102 e. The average molecular weight is 175 g/mol. The number of rotatable bonds is 7. The van der Waals surface area contributed by atoms with Crippen LogP contribution in [0.1, 0.15) is 27.2 Å². The van der Waals surface area contributed by atoms with Crippen LogP contribution < -0.4 is 5.32 Å². The monoisotopic (exact) mass is 175 g/mol. The van der Waals surface area contributed by atoms with Crippen molar-refractivity contribution in [2.45, 2.75) is 33.4 Å². The maximum absolute atomic E-state index is 8.85. The quantitative estimate of drug-likeness (QED) is 0.447. The Kier molecular flexibility index (Phi) is 7.45. The molecule has 0 saturated carbocycles. The van der Waals surface area contributed by atoms with E-state index in [-0.39, 0.29) is 0 Å². The van der Waals surface area contributed by atoms with Crippen molar-refractivity contribution in [3.63, 3.8) is 0 Å². The van der Waals surface area contributed by atoms with Gasteiger partial charge in [-0.3, -0.25) is 5.32 Å². The molecule has 12 heavy (non-hydrogen) atoms. The highest BCUT2D eigenvalue weighted by Gasteiger charge is 1.95. The highest BCUT2D eigenvalue weighted by Crippen LogP contribution is 1.92. The zero-order valence-corrected chi connectivity index (χ0v) is 8.34. The summed E-state index contributed by atoms with van der Waals surface area (Å²) in [5, 5.41) is 11.8. The number of nitrogens with one attached hydrogen (secondary N) is 1. The highest BCUT2D eigenvalue weighted by atomic mass is 16.5. The van der Waals surface area contributed by atoms with Gasteiger partial charge in [0.2, 0.25) is 0 Å². The Labute approximate surface area is 75.1 Å². The summed E-state index contributed by atoms with van der Waals surface area (Å²) in [6.07, 6.45) is 0.549. The molecule has 0 fully saturated rings. The van der Waals surface area contributed by atoms with E-state index in [0.29, 0.717) is 5.92 Å². The van der Waals surface area contributed by atoms with Crippen molar-refractivity contribution in [1.82, 2.24) is 5.32 Å². The molecule has 0 radical (unpaired) electrons. The van der Waals surface area contributed by atoms with Gasteiger partial charge in [0.25, 0.3) is 0 Å². The van der Waals surface area contributed by atoms with Gasteiger partial charge in [-0.25, -0.2) is 0 Å². The Morgan fingerprint density at radius 3 is 2.50 bits per heavy atom. The second-order valence-corrected chi connectivity index (χ2v) is 3.45. The molecule has 0 aromatic heterocycles. The first-order chi connectivity index (χ1) is 5.63. The molecule has 0 saturated heterocycles. The minimum Gasteiger partial charge on any atom is -0.381 e. The van der Waals surface area contributed by atoms with Gasteiger partial charge in [0.05, 0.1) is 0 Å². The van der Waals surface area contributed by atoms with E-state index >= 15 is 0 Å². The first kappa shape index (κ1) is 11.9. The van der Waals surface area contributed by atoms with E-state index in [4.69, 9.17) is 9.84 Å². The van der Waals surface area contributed by atoms with Crippen molar-refractivity contribution in [2.75, 3.05) is 19.8 Å². The summed E-state index contributed by atoms with van der Waals surface area (Å²) in [6, 6.07) is 0. The van der Waals surface area contributed by atoms with Gasteiger partial charge in [0, 0.05) is 13.2 Å². The van der Waals surface area contributed by atoms with Crippen LogP contribution in [0.25, 0.3) is 0 Å². The van der Waals surface area contributed by atoms with Crippen LogP contribution in [0.2, 0.25) is 0 Å². The zero-order valence-electron chi connectivity index (χ0n) is 8.34. The normalized spacial score (nSPS) is 13.8. The second kappa shape index (κ2) is 7.53. The predicted molar refractivity (Wildman–Crippen MR) is 50.0 cm³/mol. The topological polar surface area (TPSA) is 41.5 Å². The summed E-state index contributed by atoms with van der Waals surface area (Å²) in [6.45, 7) is 8.40. The molecule has 3 nitrogen and oxygen atoms in total. The van der Waals surface area contributed by atoms with Crippen LogP contribution in [0.15, 0.2) is 0 Å². The van der Waals surface area contributed by atoms with Crippen LogP contribution in [0.4, 0.5) is 0 Å². The standard InChI is InChI=1S/C9H21NO2/c1-8(2)7-12-6-4-5-10-9(3)11/h8-11H,4-7H2,1-3H3. The molecule has 0 amide bonds. The fourth-order valence-electron chi connectivity index (χ4n) is 0.804. The molecule has 0 heterocycles. The minimum absolute atomic E-state index is 0.407. The van der Waals surface area contributed by atoms with Crippen molar-refractivity contribution in [3.05, 3.63) is 0 Å². The van der Waals surface area contributed by atoms with Crippen LogP contribution in [0, 0.1) is 5.92 Å². The maximum atomic E-state index is 8.85. The summed E-state index contributed by atoms with van der Waals surface area (Å²) in [5.74, 6) is 0.606. The molecule has 74 valence electrons. The Morgan fingerprint density at radius 2 is 2.00 bits per heavy atom. The van der Waals surface area contributed by atoms with E-state index in [0.717, 1.165) is 26.2 Å². The lowest BCUT2D eigenvalue weighted by molar-refractivity contribution is 0.101. The number of aliphatic hydroxyl groups is 1. The number of hydrogen-bond donors (Lipinski definition) is 2. The molecule has 1 unspecified atom stereocenters. The number of hydrogen-bond acceptors (Lipinski definition) is 3. The Balaban J connectivity index is 2.91. The van der Waals surface area contributed by atoms with Crippen molar-refractivity contribution < 1.29 is 9.84 Å². The SMILES string of the molecule is CC(C)COCCCNC(C)O. The molecule has 0 aliphatic carbocycles. The van der Waals surface area contributed by atoms with E-state index in [1.807, 2.05) is 0 Å². The summed E-state index contributed by atoms with van der Waals surface area (Å²) in [4.78, 5) is 0. The van der Waals surface area contributed by atoms with E-state index < -0.39 is 6.23 Å². The molecule has 1 atom stereocenters. The summed E-state index contributed by atoms with van der Waals surface area (Å²) in [7, 11) is 0. The van der Waals surface area contributed by atoms with Crippen LogP contribution in [-0.4, -0.2) is 31.1 Å². The van der Waals surface area contributed by atoms with Crippen LogP contribution >= 0.6 is 0 Å². The fourth-order valence-corrected chi connectivity index (χ4v) is 0.804. The van der Waals surface area contributed by atoms with Gasteiger partial charge in [-0.1, -0.05) is 13.8 Å². The number of aliphatic hydroxyl groups excluding tert-OH is 1. The largest absolute Gasteiger partial charge is 0.381 e. The summed E-state index contributed by atoms with van der Waals surface area (Å²) in [5.41, 5.74) is 0. The molecule has 2 N–H and O–H groups in total. The van der Waals surface area contributed by atoms with Gasteiger partial charge >= 0.3 is 0 Å². The van der Waals surface area contributed by atoms with E-state index in [9.17, 15) is 0 Å². The van der Waals surface area contributed by atoms with Crippen LogP contribution in [0.3, 0.4) is 0 Å². The van der Waals surface area contributed by atoms with Crippen LogP contribution in [0.5, 0.6) is 0 Å². The Hall–Kier alpha value is -0.120. The zero-order chi connectivity index (χ0) is 9.40. The molecule has 0 spiro atoms. The van der Waals surface area contributed by atoms with Gasteiger partial charge in [-0.15, -0.1) is 0 Å². The van der Waals surface area contributed by atoms with Crippen molar-refractivity contribution in [1.29, 1.82) is 0 Å². The lowest BCUT2D eigenvalue weighted by Crippen LogP contribution is -2.27. The third kappa shape index (κ3) is 9.88. The van der Waals surface area contributed by atoms with Crippen molar-refractivity contribution in [2.24, 2.45) is 5.92 Å². The van der Waals surface area contributed by atoms with E-state index in [1.54, 1.807) is 6.92 Å². The van der Waals surface area contributed by atoms with Gasteiger partial charge in [-0.05, 0) is 25.8 Å². The molecule has 0 bridgehead atoms. The average Bonchev–Trinajstić information content (AvgIpc) is 1.95. The molecular weight excluding hydrogens is 154 g/mol. The fraction of sp³-hybridized carbons (Fsp3) is 1.00. The summed E-state index contributed by atoms with van der Waals surface area (Å²) < 4.78 is 5.36. The van der Waals surface area contributed by atoms with Crippen molar-refractivity contribution >= 4 is 0 Å². The van der Waals surface area contributed by atoms with Gasteiger partial charge in [0.1, 0.15) is 6.23 Å². The van der Waals surface area contributed by atoms with E-state index in [1.165, 1.54) is 0 Å². The third-order valence-electron chi connectivity index (χ3n) is 1.36. The first-order valence-electron chi connectivity index (χ1n) is 4.62. The Bertz CT molecular complexity index is 82.5. The van der Waals surface area contributed by atoms with Crippen molar-refractivity contribution in [3.8, 4) is 0 Å². The second-order valence-electron chi connectivity index (χ2n) is 3.45. The predicted octanol–water partition coefficient (Wildman–Crippen LogP) is 0.977. The molecular formula is C9H21NO2. The van der Waals surface area contributed by atoms with E-state index in [2.05, 4.69) is 19.2 Å².